The smallest absolute Gasteiger partial charge is 0.0555 e. The van der Waals surface area contributed by atoms with Crippen molar-refractivity contribution in [3.05, 3.63) is 210 Å². The van der Waals surface area contributed by atoms with E-state index < -0.39 is 0 Å². The van der Waals surface area contributed by atoms with Crippen molar-refractivity contribution in [2.45, 2.75) is 71.6 Å². The second-order valence-electron chi connectivity index (χ2n) is 20.6. The molecular formula is C63H55NS. The Bertz CT molecular complexity index is 3460. The summed E-state index contributed by atoms with van der Waals surface area (Å²) >= 11 is 1.87. The molecule has 1 heterocycles. The van der Waals surface area contributed by atoms with Crippen molar-refractivity contribution < 1.29 is 0 Å². The molecule has 0 saturated heterocycles. The molecule has 9 aromatic carbocycles. The lowest BCUT2D eigenvalue weighted by atomic mass is 9.78. The SMILES string of the molecule is CC(C)(C)c1cc(-c2cccc3cccc(-c4ccccc4N(c4ccccc4-c4ccc5c(c4)C(C)(C)c4ccccc4-5)c4cccc5sc6ccccc6c45)c23)cc(C(C)(C)C)c1. The van der Waals surface area contributed by atoms with Crippen LogP contribution in [0, 0.1) is 0 Å². The summed E-state index contributed by atoms with van der Waals surface area (Å²) in [5, 5.41) is 5.05. The highest BCUT2D eigenvalue weighted by Crippen LogP contribution is 2.53. The van der Waals surface area contributed by atoms with Gasteiger partial charge in [-0.1, -0.05) is 207 Å². The minimum atomic E-state index is -0.115. The van der Waals surface area contributed by atoms with Crippen LogP contribution >= 0.6 is 11.3 Å². The van der Waals surface area contributed by atoms with Gasteiger partial charge in [0.2, 0.25) is 0 Å². The van der Waals surface area contributed by atoms with Gasteiger partial charge in [0.1, 0.15) is 0 Å². The molecule has 0 bridgehead atoms. The van der Waals surface area contributed by atoms with Gasteiger partial charge < -0.3 is 4.90 Å². The summed E-state index contributed by atoms with van der Waals surface area (Å²) in [6, 6.07) is 71.0. The highest BCUT2D eigenvalue weighted by atomic mass is 32.1. The Morgan fingerprint density at radius 1 is 0.385 bits per heavy atom. The Labute approximate surface area is 388 Å². The Kier molecular flexibility index (Phi) is 9.58. The number of thiophene rings is 1. The van der Waals surface area contributed by atoms with Crippen molar-refractivity contribution >= 4 is 59.3 Å². The zero-order chi connectivity index (χ0) is 44.8. The number of hydrogen-bond donors (Lipinski definition) is 0. The Morgan fingerprint density at radius 2 is 0.923 bits per heavy atom. The molecule has 10 aromatic rings. The van der Waals surface area contributed by atoms with Crippen molar-refractivity contribution in [3.63, 3.8) is 0 Å². The van der Waals surface area contributed by atoms with Gasteiger partial charge in [-0.05, 0) is 114 Å². The number of para-hydroxylation sites is 2. The van der Waals surface area contributed by atoms with E-state index in [0.29, 0.717) is 0 Å². The number of rotatable bonds is 6. The van der Waals surface area contributed by atoms with Gasteiger partial charge >= 0.3 is 0 Å². The Hall–Kier alpha value is -6.74. The van der Waals surface area contributed by atoms with Crippen molar-refractivity contribution in [1.82, 2.24) is 0 Å². The van der Waals surface area contributed by atoms with E-state index >= 15 is 0 Å². The molecule has 1 aliphatic rings. The summed E-state index contributed by atoms with van der Waals surface area (Å²) in [7, 11) is 0. The lowest BCUT2D eigenvalue weighted by molar-refractivity contribution is 0.569. The summed E-state index contributed by atoms with van der Waals surface area (Å²) in [6.07, 6.45) is 0. The van der Waals surface area contributed by atoms with Gasteiger partial charge in [-0.15, -0.1) is 11.3 Å². The molecule has 0 fully saturated rings. The lowest BCUT2D eigenvalue weighted by Crippen LogP contribution is -2.16. The van der Waals surface area contributed by atoms with E-state index in [9.17, 15) is 0 Å². The van der Waals surface area contributed by atoms with Gasteiger partial charge in [0, 0.05) is 36.7 Å². The third kappa shape index (κ3) is 6.81. The first-order valence-electron chi connectivity index (χ1n) is 23.1. The summed E-state index contributed by atoms with van der Waals surface area (Å²) in [5.74, 6) is 0. The van der Waals surface area contributed by atoms with Crippen LogP contribution in [0.15, 0.2) is 188 Å². The zero-order valence-electron chi connectivity index (χ0n) is 38.8. The summed E-state index contributed by atoms with van der Waals surface area (Å²) in [4.78, 5) is 2.57. The maximum Gasteiger partial charge on any atom is 0.0555 e. The number of benzene rings is 9. The first-order chi connectivity index (χ1) is 31.3. The van der Waals surface area contributed by atoms with E-state index in [1.807, 2.05) is 11.3 Å². The van der Waals surface area contributed by atoms with Crippen LogP contribution < -0.4 is 4.90 Å². The molecule has 0 atom stereocenters. The largest absolute Gasteiger partial charge is 0.309 e. The molecule has 11 rings (SSSR count). The minimum absolute atomic E-state index is 0.00463. The van der Waals surface area contributed by atoms with Gasteiger partial charge in [0.05, 0.1) is 17.1 Å². The lowest BCUT2D eigenvalue weighted by Gasteiger charge is -2.31. The van der Waals surface area contributed by atoms with E-state index in [2.05, 4.69) is 248 Å². The van der Waals surface area contributed by atoms with Gasteiger partial charge in [-0.25, -0.2) is 0 Å². The third-order valence-electron chi connectivity index (χ3n) is 14.0. The molecule has 65 heavy (non-hydrogen) atoms. The van der Waals surface area contributed by atoms with Crippen molar-refractivity contribution in [3.8, 4) is 44.5 Å². The van der Waals surface area contributed by atoms with Gasteiger partial charge in [-0.3, -0.25) is 0 Å². The Morgan fingerprint density at radius 3 is 1.65 bits per heavy atom. The minimum Gasteiger partial charge on any atom is -0.309 e. The van der Waals surface area contributed by atoms with Crippen LogP contribution in [0.3, 0.4) is 0 Å². The summed E-state index contributed by atoms with van der Waals surface area (Å²) in [5.41, 5.74) is 18.8. The van der Waals surface area contributed by atoms with Crippen LogP contribution in [0.1, 0.15) is 77.6 Å². The molecule has 0 aliphatic heterocycles. The van der Waals surface area contributed by atoms with Crippen LogP contribution in [-0.4, -0.2) is 0 Å². The predicted molar refractivity (Wildman–Crippen MR) is 283 cm³/mol. The maximum atomic E-state index is 2.57. The number of fused-ring (bicyclic) bond motifs is 7. The fourth-order valence-electron chi connectivity index (χ4n) is 10.5. The highest BCUT2D eigenvalue weighted by Gasteiger charge is 2.36. The Balaban J connectivity index is 1.19. The van der Waals surface area contributed by atoms with Gasteiger partial charge in [0.15, 0.2) is 0 Å². The molecule has 0 N–H and O–H groups in total. The maximum absolute atomic E-state index is 2.57. The predicted octanol–water partition coefficient (Wildman–Crippen LogP) is 18.6. The standard InChI is InChI=1S/C63H55NS/c1-61(2,3)43-36-42(37-44(39-43)62(4,5)6)46-26-17-20-40-21-18-27-50(59(40)46)49-24-11-15-30-55(49)64(56-31-19-33-58-60(56)51-25-12-16-32-57(51)65-58)54-29-14-10-22-45(54)41-34-35-48-47-23-9-13-28-52(47)63(7,8)53(48)38-41/h9-39H,1-8H3. The molecule has 318 valence electrons. The fraction of sp³-hybridized carbons (Fsp3) is 0.175. The van der Waals surface area contributed by atoms with E-state index in [1.54, 1.807) is 0 Å². The molecule has 0 saturated carbocycles. The van der Waals surface area contributed by atoms with E-state index in [0.717, 1.165) is 11.4 Å². The second kappa shape index (κ2) is 15.2. The van der Waals surface area contributed by atoms with Gasteiger partial charge in [0.25, 0.3) is 0 Å². The molecule has 0 radical (unpaired) electrons. The second-order valence-corrected chi connectivity index (χ2v) is 21.6. The van der Waals surface area contributed by atoms with Crippen LogP contribution in [0.4, 0.5) is 17.1 Å². The van der Waals surface area contributed by atoms with E-state index in [-0.39, 0.29) is 16.2 Å². The molecule has 1 nitrogen and oxygen atoms in total. The summed E-state index contributed by atoms with van der Waals surface area (Å²) < 4.78 is 2.57. The van der Waals surface area contributed by atoms with Crippen LogP contribution in [0.5, 0.6) is 0 Å². The molecule has 0 spiro atoms. The molecule has 2 heteroatoms. The average molecular weight is 858 g/mol. The third-order valence-corrected chi connectivity index (χ3v) is 15.1. The van der Waals surface area contributed by atoms with Crippen LogP contribution in [-0.2, 0) is 16.2 Å². The van der Waals surface area contributed by atoms with Crippen molar-refractivity contribution in [2.75, 3.05) is 4.90 Å². The fourth-order valence-corrected chi connectivity index (χ4v) is 11.6. The number of nitrogens with zero attached hydrogens (tertiary/aromatic N) is 1. The highest BCUT2D eigenvalue weighted by molar-refractivity contribution is 7.26. The summed E-state index contributed by atoms with van der Waals surface area (Å²) in [6.45, 7) is 18.7. The first-order valence-corrected chi connectivity index (χ1v) is 23.9. The number of hydrogen-bond acceptors (Lipinski definition) is 2. The molecule has 1 aromatic heterocycles. The average Bonchev–Trinajstić information content (AvgIpc) is 3.80. The molecular weight excluding hydrogens is 803 g/mol. The molecule has 0 amide bonds. The molecule has 0 unspecified atom stereocenters. The van der Waals surface area contributed by atoms with E-state index in [1.165, 1.54) is 103 Å². The van der Waals surface area contributed by atoms with E-state index in [4.69, 9.17) is 0 Å². The number of anilines is 3. The van der Waals surface area contributed by atoms with Crippen molar-refractivity contribution in [2.24, 2.45) is 0 Å². The molecule has 1 aliphatic carbocycles. The van der Waals surface area contributed by atoms with Crippen LogP contribution in [0.25, 0.3) is 75.5 Å². The monoisotopic (exact) mass is 857 g/mol. The van der Waals surface area contributed by atoms with Crippen LogP contribution in [0.2, 0.25) is 0 Å². The van der Waals surface area contributed by atoms with Crippen molar-refractivity contribution in [1.29, 1.82) is 0 Å². The first kappa shape index (κ1) is 41.0. The topological polar surface area (TPSA) is 3.24 Å². The normalized spacial score (nSPS) is 13.4. The zero-order valence-corrected chi connectivity index (χ0v) is 39.6. The van der Waals surface area contributed by atoms with Gasteiger partial charge in [-0.2, -0.15) is 0 Å². The quantitative estimate of drug-likeness (QED) is 0.161.